The van der Waals surface area contributed by atoms with Crippen LogP contribution in [0.2, 0.25) is 0 Å². The maximum Gasteiger partial charge on any atom is -0.0126 e. The average Bonchev–Trinajstić information content (AvgIpc) is 1.93. The minimum atomic E-state index is 0. The topological polar surface area (TPSA) is 0 Å². The third-order valence-corrected chi connectivity index (χ3v) is 0.667. The van der Waals surface area contributed by atoms with Crippen molar-refractivity contribution in [2.45, 2.75) is 14.4 Å². The van der Waals surface area contributed by atoms with Crippen molar-refractivity contribution in [1.29, 1.82) is 0 Å². The predicted molar refractivity (Wildman–Crippen MR) is 52.7 cm³/mol. The van der Waals surface area contributed by atoms with E-state index in [0.717, 1.165) is 5.75 Å². The molecular weight excluding hydrogens is 140 g/mol. The van der Waals surface area contributed by atoms with E-state index in [1.165, 1.54) is 0 Å². The minimum absolute atomic E-state index is 0. The first-order chi connectivity index (χ1) is 4.41. The maximum absolute atomic E-state index is 3.79. The molecule has 0 fully saturated rings. The van der Waals surface area contributed by atoms with Gasteiger partial charge < -0.3 is 0 Å². The number of benzene rings is 1. The standard InChI is InChI=1S/C6H6.C2H6S.CH4/c1-2-4-6-5-3-1;1-2-3;/h1-6H;3H,2H2,1H3;1H4. The molecule has 0 N–H and O–H groups in total. The minimum Gasteiger partial charge on any atom is -0.180 e. The van der Waals surface area contributed by atoms with Crippen molar-refractivity contribution < 1.29 is 0 Å². The van der Waals surface area contributed by atoms with Crippen molar-refractivity contribution >= 4 is 12.6 Å². The van der Waals surface area contributed by atoms with Gasteiger partial charge in [-0.05, 0) is 5.75 Å². The first kappa shape index (κ1) is 12.3. The summed E-state index contributed by atoms with van der Waals surface area (Å²) in [7, 11) is 0. The van der Waals surface area contributed by atoms with Crippen LogP contribution >= 0.6 is 12.6 Å². The van der Waals surface area contributed by atoms with Gasteiger partial charge in [0.05, 0.1) is 0 Å². The van der Waals surface area contributed by atoms with E-state index in [0.29, 0.717) is 0 Å². The Morgan fingerprint density at radius 2 is 1.00 bits per heavy atom. The van der Waals surface area contributed by atoms with Crippen LogP contribution < -0.4 is 0 Å². The van der Waals surface area contributed by atoms with E-state index >= 15 is 0 Å². The van der Waals surface area contributed by atoms with Gasteiger partial charge in [-0.1, -0.05) is 50.7 Å². The molecule has 0 amide bonds. The molecule has 0 heterocycles. The summed E-state index contributed by atoms with van der Waals surface area (Å²) in [5, 5.41) is 0. The Kier molecular flexibility index (Phi) is 14.0. The van der Waals surface area contributed by atoms with Gasteiger partial charge in [0.1, 0.15) is 0 Å². The van der Waals surface area contributed by atoms with Crippen molar-refractivity contribution in [3.8, 4) is 0 Å². The summed E-state index contributed by atoms with van der Waals surface area (Å²) >= 11 is 3.79. The van der Waals surface area contributed by atoms with Crippen LogP contribution in [0.5, 0.6) is 0 Å². The molecule has 58 valence electrons. The van der Waals surface area contributed by atoms with Gasteiger partial charge in [0.15, 0.2) is 0 Å². The lowest BCUT2D eigenvalue weighted by Crippen LogP contribution is -1.47. The van der Waals surface area contributed by atoms with E-state index < -0.39 is 0 Å². The van der Waals surface area contributed by atoms with Gasteiger partial charge in [-0.2, -0.15) is 12.6 Å². The molecule has 0 aromatic heterocycles. The van der Waals surface area contributed by atoms with Crippen LogP contribution in [0.15, 0.2) is 36.4 Å². The molecule has 0 unspecified atom stereocenters. The molecule has 0 aliphatic carbocycles. The van der Waals surface area contributed by atoms with Crippen LogP contribution in [0, 0.1) is 0 Å². The monoisotopic (exact) mass is 156 g/mol. The molecule has 0 aliphatic heterocycles. The first-order valence-corrected chi connectivity index (χ1v) is 3.66. The molecule has 0 aliphatic rings. The third kappa shape index (κ3) is 10.5. The zero-order valence-electron chi connectivity index (χ0n) is 5.62. The van der Waals surface area contributed by atoms with Crippen molar-refractivity contribution in [2.75, 3.05) is 5.75 Å². The van der Waals surface area contributed by atoms with Crippen molar-refractivity contribution in [2.24, 2.45) is 0 Å². The molecule has 0 saturated carbocycles. The summed E-state index contributed by atoms with van der Waals surface area (Å²) < 4.78 is 0. The van der Waals surface area contributed by atoms with Gasteiger partial charge in [-0.15, -0.1) is 0 Å². The number of hydrogen-bond acceptors (Lipinski definition) is 1. The van der Waals surface area contributed by atoms with Gasteiger partial charge in [0.2, 0.25) is 0 Å². The summed E-state index contributed by atoms with van der Waals surface area (Å²) in [6.45, 7) is 1.99. The second-order valence-corrected chi connectivity index (χ2v) is 2.10. The molecule has 0 atom stereocenters. The van der Waals surface area contributed by atoms with Crippen LogP contribution in [0.25, 0.3) is 0 Å². The summed E-state index contributed by atoms with van der Waals surface area (Å²) in [5.41, 5.74) is 0. The Balaban J connectivity index is 0. The molecule has 1 aromatic rings. The van der Waals surface area contributed by atoms with Crippen LogP contribution in [0.4, 0.5) is 0 Å². The first-order valence-electron chi connectivity index (χ1n) is 3.02. The van der Waals surface area contributed by atoms with Gasteiger partial charge in [-0.25, -0.2) is 0 Å². The maximum atomic E-state index is 3.79. The van der Waals surface area contributed by atoms with E-state index in [1.54, 1.807) is 0 Å². The quantitative estimate of drug-likeness (QED) is 0.548. The molecule has 0 radical (unpaired) electrons. The Hall–Kier alpha value is -0.430. The Morgan fingerprint density at radius 3 is 1.10 bits per heavy atom. The summed E-state index contributed by atoms with van der Waals surface area (Å²) in [5.74, 6) is 0.944. The normalized spacial score (nSPS) is 6.60. The Morgan fingerprint density at radius 1 is 0.900 bits per heavy atom. The molecule has 1 heteroatoms. The van der Waals surface area contributed by atoms with E-state index in [9.17, 15) is 0 Å². The van der Waals surface area contributed by atoms with Gasteiger partial charge >= 0.3 is 0 Å². The van der Waals surface area contributed by atoms with Crippen LogP contribution in [0.1, 0.15) is 14.4 Å². The summed E-state index contributed by atoms with van der Waals surface area (Å²) in [6.07, 6.45) is 0. The third-order valence-electron chi connectivity index (χ3n) is 0.667. The van der Waals surface area contributed by atoms with Crippen LogP contribution in [0.3, 0.4) is 0 Å². The predicted octanol–water partition coefficient (Wildman–Crippen LogP) is 3.26. The lowest BCUT2D eigenvalue weighted by molar-refractivity contribution is 1.54. The molecule has 0 saturated heterocycles. The number of thiol groups is 1. The van der Waals surface area contributed by atoms with E-state index in [-0.39, 0.29) is 7.43 Å². The van der Waals surface area contributed by atoms with Crippen molar-refractivity contribution in [3.05, 3.63) is 36.4 Å². The number of rotatable bonds is 0. The fourth-order valence-electron chi connectivity index (χ4n) is 0.385. The molecule has 1 rings (SSSR count). The highest BCUT2D eigenvalue weighted by Crippen LogP contribution is 1.79. The van der Waals surface area contributed by atoms with Gasteiger partial charge in [0.25, 0.3) is 0 Å². The fourth-order valence-corrected chi connectivity index (χ4v) is 0.385. The highest BCUT2D eigenvalue weighted by Gasteiger charge is 1.57. The van der Waals surface area contributed by atoms with Crippen LogP contribution in [-0.4, -0.2) is 5.75 Å². The number of hydrogen-bond donors (Lipinski definition) is 1. The van der Waals surface area contributed by atoms with Gasteiger partial charge in [0, 0.05) is 0 Å². The smallest absolute Gasteiger partial charge is 0.0126 e. The summed E-state index contributed by atoms with van der Waals surface area (Å²) in [6, 6.07) is 12.0. The fraction of sp³-hybridized carbons (Fsp3) is 0.333. The Labute approximate surface area is 69.7 Å². The second kappa shape index (κ2) is 11.4. The lowest BCUT2D eigenvalue weighted by atomic mass is 10.4. The molecule has 1 aromatic carbocycles. The molecule has 0 bridgehead atoms. The zero-order chi connectivity index (χ0) is 6.95. The summed E-state index contributed by atoms with van der Waals surface area (Å²) in [4.78, 5) is 0. The molecular formula is C9H16S. The largest absolute Gasteiger partial charge is 0.180 e. The van der Waals surface area contributed by atoms with Crippen LogP contribution in [-0.2, 0) is 0 Å². The lowest BCUT2D eigenvalue weighted by Gasteiger charge is -1.69. The molecule has 10 heavy (non-hydrogen) atoms. The Bertz CT molecular complexity index is 87.6. The van der Waals surface area contributed by atoms with E-state index in [4.69, 9.17) is 0 Å². The highest BCUT2D eigenvalue weighted by molar-refractivity contribution is 7.80. The zero-order valence-corrected chi connectivity index (χ0v) is 6.51. The highest BCUT2D eigenvalue weighted by atomic mass is 32.1. The van der Waals surface area contributed by atoms with Crippen molar-refractivity contribution in [1.82, 2.24) is 0 Å². The van der Waals surface area contributed by atoms with Gasteiger partial charge in [-0.3, -0.25) is 0 Å². The SMILES string of the molecule is C.CCS.c1ccccc1. The van der Waals surface area contributed by atoms with Crippen molar-refractivity contribution in [3.63, 3.8) is 0 Å². The molecule has 0 spiro atoms. The molecule has 0 nitrogen and oxygen atoms in total. The second-order valence-electron chi connectivity index (χ2n) is 1.47. The average molecular weight is 156 g/mol. The van der Waals surface area contributed by atoms with E-state index in [1.807, 2.05) is 43.3 Å². The van der Waals surface area contributed by atoms with E-state index in [2.05, 4.69) is 12.6 Å².